The summed E-state index contributed by atoms with van der Waals surface area (Å²) in [5.41, 5.74) is 2.69. The SMILES string of the molecule is C[C@@H]1CN[C@@H](C)CN1C(c1ccc(Br)cc1)c1ccc(Br)cc1. The van der Waals surface area contributed by atoms with Crippen LogP contribution in [0.2, 0.25) is 0 Å². The lowest BCUT2D eigenvalue weighted by Crippen LogP contribution is -2.55. The van der Waals surface area contributed by atoms with Crippen molar-refractivity contribution in [1.29, 1.82) is 0 Å². The van der Waals surface area contributed by atoms with Crippen LogP contribution in [0.15, 0.2) is 57.5 Å². The average molecular weight is 438 g/mol. The first-order chi connectivity index (χ1) is 11.0. The van der Waals surface area contributed by atoms with E-state index in [4.69, 9.17) is 0 Å². The molecule has 0 aromatic heterocycles. The summed E-state index contributed by atoms with van der Waals surface area (Å²) in [6, 6.07) is 18.8. The normalized spacial score (nSPS) is 22.5. The lowest BCUT2D eigenvalue weighted by molar-refractivity contribution is 0.113. The molecule has 122 valence electrons. The van der Waals surface area contributed by atoms with Gasteiger partial charge in [-0.1, -0.05) is 56.1 Å². The number of piperazine rings is 1. The minimum Gasteiger partial charge on any atom is -0.311 e. The lowest BCUT2D eigenvalue weighted by Gasteiger charge is -2.43. The van der Waals surface area contributed by atoms with Crippen LogP contribution in [0.25, 0.3) is 0 Å². The summed E-state index contributed by atoms with van der Waals surface area (Å²) in [6.07, 6.45) is 0. The molecule has 2 aromatic rings. The van der Waals surface area contributed by atoms with Crippen molar-refractivity contribution in [2.45, 2.75) is 32.0 Å². The van der Waals surface area contributed by atoms with Crippen LogP contribution in [0.5, 0.6) is 0 Å². The summed E-state index contributed by atoms with van der Waals surface area (Å²) in [5, 5.41) is 3.58. The molecule has 3 rings (SSSR count). The molecule has 0 saturated carbocycles. The molecule has 2 aromatic carbocycles. The summed E-state index contributed by atoms with van der Waals surface area (Å²) in [5.74, 6) is 0. The van der Waals surface area contributed by atoms with Gasteiger partial charge in [-0.2, -0.15) is 0 Å². The molecule has 23 heavy (non-hydrogen) atoms. The van der Waals surface area contributed by atoms with Crippen molar-refractivity contribution in [3.05, 3.63) is 68.6 Å². The third-order valence-corrected chi connectivity index (χ3v) is 5.57. The summed E-state index contributed by atoms with van der Waals surface area (Å²) in [6.45, 7) is 6.66. The number of benzene rings is 2. The van der Waals surface area contributed by atoms with Gasteiger partial charge < -0.3 is 5.32 Å². The highest BCUT2D eigenvalue weighted by atomic mass is 79.9. The Morgan fingerprint density at radius 3 is 1.87 bits per heavy atom. The molecule has 0 aliphatic carbocycles. The molecule has 0 radical (unpaired) electrons. The van der Waals surface area contributed by atoms with Crippen molar-refractivity contribution < 1.29 is 0 Å². The van der Waals surface area contributed by atoms with Crippen LogP contribution in [0.4, 0.5) is 0 Å². The van der Waals surface area contributed by atoms with E-state index in [1.54, 1.807) is 0 Å². The van der Waals surface area contributed by atoms with E-state index < -0.39 is 0 Å². The van der Waals surface area contributed by atoms with Crippen LogP contribution < -0.4 is 5.32 Å². The first kappa shape index (κ1) is 17.2. The van der Waals surface area contributed by atoms with Gasteiger partial charge in [-0.3, -0.25) is 4.90 Å². The van der Waals surface area contributed by atoms with Crippen LogP contribution >= 0.6 is 31.9 Å². The molecule has 1 fully saturated rings. The lowest BCUT2D eigenvalue weighted by atomic mass is 9.94. The second-order valence-electron chi connectivity index (χ2n) is 6.36. The molecule has 0 spiro atoms. The largest absolute Gasteiger partial charge is 0.311 e. The van der Waals surface area contributed by atoms with Crippen LogP contribution in [0.3, 0.4) is 0 Å². The molecule has 1 aliphatic rings. The van der Waals surface area contributed by atoms with Crippen molar-refractivity contribution in [3.8, 4) is 0 Å². The van der Waals surface area contributed by atoms with Crippen molar-refractivity contribution >= 4 is 31.9 Å². The number of nitrogens with zero attached hydrogens (tertiary/aromatic N) is 1. The number of hydrogen-bond donors (Lipinski definition) is 1. The highest BCUT2D eigenvalue weighted by molar-refractivity contribution is 9.10. The van der Waals surface area contributed by atoms with Gasteiger partial charge in [0.15, 0.2) is 0 Å². The minimum absolute atomic E-state index is 0.288. The molecular formula is C19H22Br2N2. The third kappa shape index (κ3) is 4.05. The second-order valence-corrected chi connectivity index (χ2v) is 8.19. The predicted octanol–water partition coefficient (Wildman–Crippen LogP) is 4.98. The molecule has 1 saturated heterocycles. The summed E-state index contributed by atoms with van der Waals surface area (Å²) in [4.78, 5) is 2.62. The Hall–Kier alpha value is -0.680. The monoisotopic (exact) mass is 436 g/mol. The van der Waals surface area contributed by atoms with E-state index in [0.29, 0.717) is 12.1 Å². The molecule has 2 atom stereocenters. The van der Waals surface area contributed by atoms with E-state index in [-0.39, 0.29) is 6.04 Å². The van der Waals surface area contributed by atoms with Crippen molar-refractivity contribution in [2.24, 2.45) is 0 Å². The zero-order chi connectivity index (χ0) is 16.4. The smallest absolute Gasteiger partial charge is 0.0605 e. The standard InChI is InChI=1S/C19H22Br2N2/c1-13-12-23(14(2)11-22-13)19(15-3-7-17(20)8-4-15)16-5-9-18(21)10-6-16/h3-10,13-14,19,22H,11-12H2,1-2H3/t13-,14+/m0/s1. The fraction of sp³-hybridized carbons (Fsp3) is 0.368. The number of halogens is 2. The van der Waals surface area contributed by atoms with E-state index in [1.807, 2.05) is 0 Å². The molecule has 0 unspecified atom stereocenters. The Balaban J connectivity index is 2.01. The molecule has 0 amide bonds. The van der Waals surface area contributed by atoms with Crippen LogP contribution in [-0.2, 0) is 0 Å². The predicted molar refractivity (Wildman–Crippen MR) is 104 cm³/mol. The zero-order valence-corrected chi connectivity index (χ0v) is 16.6. The van der Waals surface area contributed by atoms with Gasteiger partial charge in [0.05, 0.1) is 6.04 Å². The first-order valence-electron chi connectivity index (χ1n) is 8.04. The van der Waals surface area contributed by atoms with E-state index in [0.717, 1.165) is 22.0 Å². The van der Waals surface area contributed by atoms with Gasteiger partial charge in [0.1, 0.15) is 0 Å². The van der Waals surface area contributed by atoms with Crippen molar-refractivity contribution in [1.82, 2.24) is 10.2 Å². The summed E-state index contributed by atoms with van der Waals surface area (Å²) < 4.78 is 2.25. The maximum absolute atomic E-state index is 3.58. The topological polar surface area (TPSA) is 15.3 Å². The van der Waals surface area contributed by atoms with Crippen molar-refractivity contribution in [3.63, 3.8) is 0 Å². The maximum atomic E-state index is 3.58. The fourth-order valence-electron chi connectivity index (χ4n) is 3.28. The van der Waals surface area contributed by atoms with Gasteiger partial charge >= 0.3 is 0 Å². The highest BCUT2D eigenvalue weighted by Crippen LogP contribution is 2.33. The van der Waals surface area contributed by atoms with Gasteiger partial charge in [0.2, 0.25) is 0 Å². The zero-order valence-electron chi connectivity index (χ0n) is 13.5. The van der Waals surface area contributed by atoms with Crippen LogP contribution in [0.1, 0.15) is 31.0 Å². The number of hydrogen-bond acceptors (Lipinski definition) is 2. The number of nitrogens with one attached hydrogen (secondary N) is 1. The Morgan fingerprint density at radius 2 is 1.39 bits per heavy atom. The molecule has 1 N–H and O–H groups in total. The maximum Gasteiger partial charge on any atom is 0.0605 e. The fourth-order valence-corrected chi connectivity index (χ4v) is 3.80. The third-order valence-electron chi connectivity index (χ3n) is 4.52. The number of rotatable bonds is 3. The van der Waals surface area contributed by atoms with Gasteiger partial charge in [0.25, 0.3) is 0 Å². The molecule has 1 aliphatic heterocycles. The van der Waals surface area contributed by atoms with Gasteiger partial charge in [-0.25, -0.2) is 0 Å². The van der Waals surface area contributed by atoms with Gasteiger partial charge in [-0.05, 0) is 49.2 Å². The molecule has 2 nitrogen and oxygen atoms in total. The van der Waals surface area contributed by atoms with E-state index in [1.165, 1.54) is 11.1 Å². The van der Waals surface area contributed by atoms with E-state index >= 15 is 0 Å². The average Bonchev–Trinajstić information content (AvgIpc) is 2.54. The Labute approximate surface area is 155 Å². The molecule has 0 bridgehead atoms. The van der Waals surface area contributed by atoms with Gasteiger partial charge in [0, 0.05) is 34.1 Å². The molecule has 4 heteroatoms. The van der Waals surface area contributed by atoms with E-state index in [2.05, 4.69) is 104 Å². The van der Waals surface area contributed by atoms with Crippen LogP contribution in [0, 0.1) is 0 Å². The Kier molecular flexibility index (Phi) is 5.57. The summed E-state index contributed by atoms with van der Waals surface area (Å²) in [7, 11) is 0. The van der Waals surface area contributed by atoms with E-state index in [9.17, 15) is 0 Å². The Bertz CT molecular complexity index is 594. The van der Waals surface area contributed by atoms with Crippen molar-refractivity contribution in [2.75, 3.05) is 13.1 Å². The highest BCUT2D eigenvalue weighted by Gasteiger charge is 2.30. The minimum atomic E-state index is 0.288. The second kappa shape index (κ2) is 7.47. The van der Waals surface area contributed by atoms with Crippen LogP contribution in [-0.4, -0.2) is 30.1 Å². The first-order valence-corrected chi connectivity index (χ1v) is 9.63. The van der Waals surface area contributed by atoms with Gasteiger partial charge in [-0.15, -0.1) is 0 Å². The summed E-state index contributed by atoms with van der Waals surface area (Å²) >= 11 is 7.10. The Morgan fingerprint density at radius 1 is 0.913 bits per heavy atom. The molecular weight excluding hydrogens is 416 g/mol. The quantitative estimate of drug-likeness (QED) is 0.727. The molecule has 1 heterocycles.